The number of hydrazine groups is 1. The molecule has 0 saturated heterocycles. The predicted molar refractivity (Wildman–Crippen MR) is 56.2 cm³/mol. The fourth-order valence-electron chi connectivity index (χ4n) is 1.49. The number of anilines is 2. The van der Waals surface area contributed by atoms with Gasteiger partial charge in [-0.25, -0.2) is 0 Å². The average molecular weight is 173 g/mol. The van der Waals surface area contributed by atoms with E-state index >= 15 is 0 Å². The number of fused-ring (bicyclic) bond motifs is 1. The summed E-state index contributed by atoms with van der Waals surface area (Å²) in [5.41, 5.74) is 10.1. The molecule has 13 heavy (non-hydrogen) atoms. The van der Waals surface area contributed by atoms with Gasteiger partial charge in [0.1, 0.15) is 0 Å². The summed E-state index contributed by atoms with van der Waals surface area (Å²) in [4.78, 5) is 0. The van der Waals surface area contributed by atoms with Crippen LogP contribution in [-0.4, -0.2) is 0 Å². The minimum Gasteiger partial charge on any atom is -0.398 e. The van der Waals surface area contributed by atoms with Gasteiger partial charge in [0.25, 0.3) is 0 Å². The van der Waals surface area contributed by atoms with Crippen LogP contribution in [0.3, 0.4) is 0 Å². The molecule has 0 aliphatic carbocycles. The molecule has 3 heteroatoms. The Bertz CT molecular complexity index is 432. The van der Waals surface area contributed by atoms with Gasteiger partial charge < -0.3 is 11.2 Å². The van der Waals surface area contributed by atoms with Crippen molar-refractivity contribution in [3.05, 3.63) is 36.4 Å². The average Bonchev–Trinajstić information content (AvgIpc) is 2.17. The maximum absolute atomic E-state index is 5.84. The maximum atomic E-state index is 5.84. The summed E-state index contributed by atoms with van der Waals surface area (Å²) in [6.07, 6.45) is 0. The van der Waals surface area contributed by atoms with Crippen LogP contribution >= 0.6 is 0 Å². The van der Waals surface area contributed by atoms with E-state index < -0.39 is 0 Å². The van der Waals surface area contributed by atoms with Crippen LogP contribution in [0.5, 0.6) is 0 Å². The first-order chi connectivity index (χ1) is 6.33. The highest BCUT2D eigenvalue weighted by Crippen LogP contribution is 2.27. The smallest absolute Gasteiger partial charge is 0.0584 e. The Kier molecular flexibility index (Phi) is 1.79. The summed E-state index contributed by atoms with van der Waals surface area (Å²) in [5.74, 6) is 5.38. The zero-order valence-electron chi connectivity index (χ0n) is 7.12. The zero-order chi connectivity index (χ0) is 9.26. The standard InChI is InChI=1S/C10H11N3/c11-8-5-1-3-7-4-2-6-9(13-12)10(7)8/h1-6,13H,11-12H2. The summed E-state index contributed by atoms with van der Waals surface area (Å²) in [5, 5.41) is 2.07. The van der Waals surface area contributed by atoms with E-state index in [1.807, 2.05) is 36.4 Å². The quantitative estimate of drug-likeness (QED) is 0.349. The number of nitrogen functional groups attached to an aromatic ring is 2. The molecular formula is C10H11N3. The van der Waals surface area contributed by atoms with E-state index in [-0.39, 0.29) is 0 Å². The van der Waals surface area contributed by atoms with Crippen molar-refractivity contribution in [1.29, 1.82) is 0 Å². The number of hydrogen-bond acceptors (Lipinski definition) is 3. The van der Waals surface area contributed by atoms with Gasteiger partial charge in [-0.1, -0.05) is 24.3 Å². The molecule has 2 aromatic carbocycles. The molecule has 3 nitrogen and oxygen atoms in total. The van der Waals surface area contributed by atoms with Crippen LogP contribution in [0.1, 0.15) is 0 Å². The molecule has 0 saturated carbocycles. The summed E-state index contributed by atoms with van der Waals surface area (Å²) >= 11 is 0. The van der Waals surface area contributed by atoms with Crippen molar-refractivity contribution in [3.8, 4) is 0 Å². The molecule has 0 bridgehead atoms. The molecule has 0 unspecified atom stereocenters. The number of nitrogens with two attached hydrogens (primary N) is 2. The summed E-state index contributed by atoms with van der Waals surface area (Å²) in [6, 6.07) is 11.6. The van der Waals surface area contributed by atoms with Gasteiger partial charge in [0, 0.05) is 11.1 Å². The van der Waals surface area contributed by atoms with Gasteiger partial charge in [0.2, 0.25) is 0 Å². The van der Waals surface area contributed by atoms with Gasteiger partial charge >= 0.3 is 0 Å². The molecular weight excluding hydrogens is 162 g/mol. The van der Waals surface area contributed by atoms with Gasteiger partial charge in [-0.15, -0.1) is 0 Å². The third-order valence-corrected chi connectivity index (χ3v) is 2.09. The number of rotatable bonds is 1. The second-order valence-corrected chi connectivity index (χ2v) is 2.90. The molecule has 2 rings (SSSR count). The molecule has 0 radical (unpaired) electrons. The predicted octanol–water partition coefficient (Wildman–Crippen LogP) is 1.71. The van der Waals surface area contributed by atoms with Crippen molar-refractivity contribution in [3.63, 3.8) is 0 Å². The van der Waals surface area contributed by atoms with E-state index in [4.69, 9.17) is 11.6 Å². The Morgan fingerprint density at radius 1 is 1.00 bits per heavy atom. The normalized spacial score (nSPS) is 10.2. The molecule has 0 amide bonds. The number of benzene rings is 2. The van der Waals surface area contributed by atoms with Crippen molar-refractivity contribution in [2.75, 3.05) is 11.2 Å². The van der Waals surface area contributed by atoms with Gasteiger partial charge in [-0.2, -0.15) is 0 Å². The van der Waals surface area contributed by atoms with E-state index in [9.17, 15) is 0 Å². The Morgan fingerprint density at radius 2 is 1.69 bits per heavy atom. The van der Waals surface area contributed by atoms with Crippen molar-refractivity contribution in [2.24, 2.45) is 5.84 Å². The third kappa shape index (κ3) is 1.19. The molecule has 0 aromatic heterocycles. The zero-order valence-corrected chi connectivity index (χ0v) is 7.12. The van der Waals surface area contributed by atoms with Gasteiger partial charge in [-0.05, 0) is 17.5 Å². The largest absolute Gasteiger partial charge is 0.398 e. The highest BCUT2D eigenvalue weighted by molar-refractivity contribution is 6.02. The van der Waals surface area contributed by atoms with Gasteiger partial charge in [-0.3, -0.25) is 5.84 Å². The molecule has 0 heterocycles. The first kappa shape index (κ1) is 7.89. The minimum absolute atomic E-state index is 0.742. The Balaban J connectivity index is 2.87. The Hall–Kier alpha value is -1.74. The Morgan fingerprint density at radius 3 is 2.38 bits per heavy atom. The maximum Gasteiger partial charge on any atom is 0.0584 e. The lowest BCUT2D eigenvalue weighted by Gasteiger charge is -2.07. The lowest BCUT2D eigenvalue weighted by molar-refractivity contribution is 1.37. The van der Waals surface area contributed by atoms with Crippen molar-refractivity contribution in [2.45, 2.75) is 0 Å². The molecule has 2 aromatic rings. The van der Waals surface area contributed by atoms with Crippen molar-refractivity contribution < 1.29 is 0 Å². The fraction of sp³-hybridized carbons (Fsp3) is 0. The van der Waals surface area contributed by atoms with Crippen LogP contribution in [0.25, 0.3) is 10.8 Å². The van der Waals surface area contributed by atoms with E-state index in [0.717, 1.165) is 22.1 Å². The lowest BCUT2D eigenvalue weighted by atomic mass is 10.1. The van der Waals surface area contributed by atoms with E-state index in [2.05, 4.69) is 5.43 Å². The lowest BCUT2D eigenvalue weighted by Crippen LogP contribution is -2.07. The molecule has 5 N–H and O–H groups in total. The van der Waals surface area contributed by atoms with Crippen molar-refractivity contribution in [1.82, 2.24) is 0 Å². The highest BCUT2D eigenvalue weighted by Gasteiger charge is 2.01. The summed E-state index contributed by atoms with van der Waals surface area (Å²) in [7, 11) is 0. The second kappa shape index (κ2) is 2.95. The third-order valence-electron chi connectivity index (χ3n) is 2.09. The first-order valence-corrected chi connectivity index (χ1v) is 4.07. The molecule has 0 fully saturated rings. The SMILES string of the molecule is NNc1cccc2cccc(N)c12. The van der Waals surface area contributed by atoms with Gasteiger partial charge in [0.15, 0.2) is 0 Å². The Labute approximate surface area is 76.3 Å². The molecule has 0 aliphatic rings. The fourth-order valence-corrected chi connectivity index (χ4v) is 1.49. The molecule has 0 atom stereocenters. The molecule has 0 spiro atoms. The van der Waals surface area contributed by atoms with E-state index in [0.29, 0.717) is 0 Å². The number of nitrogens with one attached hydrogen (secondary N) is 1. The minimum atomic E-state index is 0.742. The molecule has 0 aliphatic heterocycles. The van der Waals surface area contributed by atoms with Gasteiger partial charge in [0.05, 0.1) is 5.69 Å². The van der Waals surface area contributed by atoms with Crippen LogP contribution in [-0.2, 0) is 0 Å². The topological polar surface area (TPSA) is 64.1 Å². The molecule has 66 valence electrons. The van der Waals surface area contributed by atoms with Crippen LogP contribution in [0.4, 0.5) is 11.4 Å². The monoisotopic (exact) mass is 173 g/mol. The van der Waals surface area contributed by atoms with E-state index in [1.54, 1.807) is 0 Å². The van der Waals surface area contributed by atoms with Crippen LogP contribution in [0.2, 0.25) is 0 Å². The number of hydrogen-bond donors (Lipinski definition) is 3. The van der Waals surface area contributed by atoms with Crippen LogP contribution < -0.4 is 17.0 Å². The van der Waals surface area contributed by atoms with Crippen LogP contribution in [0, 0.1) is 0 Å². The highest BCUT2D eigenvalue weighted by atomic mass is 15.2. The summed E-state index contributed by atoms with van der Waals surface area (Å²) < 4.78 is 0. The van der Waals surface area contributed by atoms with Crippen molar-refractivity contribution >= 4 is 22.1 Å². The first-order valence-electron chi connectivity index (χ1n) is 4.07. The summed E-state index contributed by atoms with van der Waals surface area (Å²) in [6.45, 7) is 0. The van der Waals surface area contributed by atoms with E-state index in [1.165, 1.54) is 0 Å². The second-order valence-electron chi connectivity index (χ2n) is 2.90. The van der Waals surface area contributed by atoms with Crippen LogP contribution in [0.15, 0.2) is 36.4 Å².